The van der Waals surface area contributed by atoms with Crippen LogP contribution in [0.4, 0.5) is 0 Å². The Labute approximate surface area is 64.2 Å². The van der Waals surface area contributed by atoms with Crippen molar-refractivity contribution in [3.05, 3.63) is 0 Å². The van der Waals surface area contributed by atoms with Crippen LogP contribution in [0.5, 0.6) is 0 Å². The van der Waals surface area contributed by atoms with Gasteiger partial charge in [-0.25, -0.2) is 0 Å². The highest BCUT2D eigenvalue weighted by Gasteiger charge is 2.17. The van der Waals surface area contributed by atoms with Crippen molar-refractivity contribution in [1.29, 1.82) is 0 Å². The van der Waals surface area contributed by atoms with Crippen molar-refractivity contribution >= 4 is 7.60 Å². The van der Waals surface area contributed by atoms with E-state index < -0.39 is 14.4 Å². The summed E-state index contributed by atoms with van der Waals surface area (Å²) in [5, 5.41) is 16.3. The van der Waals surface area contributed by atoms with E-state index >= 15 is 0 Å². The molecule has 0 aromatic heterocycles. The molecule has 11 heavy (non-hydrogen) atoms. The van der Waals surface area contributed by atoms with Crippen LogP contribution in [0.3, 0.4) is 0 Å². The van der Waals surface area contributed by atoms with Gasteiger partial charge in [0.15, 0.2) is 6.79 Å². The standard InChI is InChI=1S/C4H11O6P/c1-11(7,9-3-2-5)10-8-4-6/h5-6H,2-4H2,1H3. The normalized spacial score (nSPS) is 16.3. The molecule has 0 fully saturated rings. The fourth-order valence-electron chi connectivity index (χ4n) is 0.347. The SMILES string of the molecule is CP(=O)(OCCO)OOCO. The van der Waals surface area contributed by atoms with E-state index in [0.29, 0.717) is 0 Å². The molecule has 0 bridgehead atoms. The van der Waals surface area contributed by atoms with E-state index in [1.807, 2.05) is 0 Å². The molecule has 2 N–H and O–H groups in total. The van der Waals surface area contributed by atoms with Gasteiger partial charge in [-0.05, 0) is 0 Å². The zero-order chi connectivity index (χ0) is 8.74. The van der Waals surface area contributed by atoms with Crippen LogP contribution in [0.2, 0.25) is 0 Å². The lowest BCUT2D eigenvalue weighted by Gasteiger charge is -2.10. The third-order valence-electron chi connectivity index (χ3n) is 0.658. The van der Waals surface area contributed by atoms with Crippen molar-refractivity contribution in [2.24, 2.45) is 0 Å². The zero-order valence-corrected chi connectivity index (χ0v) is 6.99. The molecular formula is C4H11O6P. The minimum Gasteiger partial charge on any atom is -0.394 e. The molecule has 0 radical (unpaired) electrons. The highest BCUT2D eigenvalue weighted by molar-refractivity contribution is 7.52. The second kappa shape index (κ2) is 5.65. The summed E-state index contributed by atoms with van der Waals surface area (Å²) in [6.45, 7) is 0.127. The van der Waals surface area contributed by atoms with Crippen LogP contribution in [-0.2, 0) is 18.7 Å². The smallest absolute Gasteiger partial charge is 0.355 e. The van der Waals surface area contributed by atoms with Crippen LogP contribution in [0, 0.1) is 0 Å². The molecule has 0 amide bonds. The van der Waals surface area contributed by atoms with Gasteiger partial charge in [0.2, 0.25) is 0 Å². The Morgan fingerprint density at radius 1 is 1.45 bits per heavy atom. The zero-order valence-electron chi connectivity index (χ0n) is 6.10. The number of hydrogen-bond acceptors (Lipinski definition) is 6. The van der Waals surface area contributed by atoms with E-state index in [1.165, 1.54) is 6.66 Å². The minimum atomic E-state index is -3.27. The quantitative estimate of drug-likeness (QED) is 0.257. The fraction of sp³-hybridized carbons (Fsp3) is 1.00. The molecule has 7 heteroatoms. The van der Waals surface area contributed by atoms with Gasteiger partial charge in [-0.3, -0.25) is 4.57 Å². The Bertz CT molecular complexity index is 125. The first-order valence-corrected chi connectivity index (χ1v) is 4.86. The van der Waals surface area contributed by atoms with E-state index in [1.54, 1.807) is 0 Å². The van der Waals surface area contributed by atoms with Gasteiger partial charge in [0.05, 0.1) is 13.2 Å². The predicted octanol–water partition coefficient (Wildman–Crippen LogP) is -0.284. The molecule has 0 aliphatic rings. The molecule has 0 aromatic rings. The van der Waals surface area contributed by atoms with Crippen LogP contribution in [-0.4, -0.2) is 36.9 Å². The maximum absolute atomic E-state index is 10.9. The van der Waals surface area contributed by atoms with Crippen molar-refractivity contribution in [3.63, 3.8) is 0 Å². The second-order valence-electron chi connectivity index (χ2n) is 1.65. The number of aliphatic hydroxyl groups excluding tert-OH is 2. The van der Waals surface area contributed by atoms with Gasteiger partial charge >= 0.3 is 7.60 Å². The number of aliphatic hydroxyl groups is 2. The summed E-state index contributed by atoms with van der Waals surface area (Å²) in [5.74, 6) is 0. The first-order chi connectivity index (χ1) is 5.12. The third-order valence-corrected chi connectivity index (χ3v) is 1.69. The maximum Gasteiger partial charge on any atom is 0.355 e. The molecule has 1 unspecified atom stereocenters. The number of hydrogen-bond donors (Lipinski definition) is 2. The summed E-state index contributed by atoms with van der Waals surface area (Å²) in [5.41, 5.74) is 0. The summed E-state index contributed by atoms with van der Waals surface area (Å²) in [7, 11) is -3.27. The lowest BCUT2D eigenvalue weighted by Crippen LogP contribution is -2.00. The van der Waals surface area contributed by atoms with E-state index in [4.69, 9.17) is 10.2 Å². The van der Waals surface area contributed by atoms with E-state index in [-0.39, 0.29) is 13.2 Å². The second-order valence-corrected chi connectivity index (χ2v) is 3.60. The molecule has 0 spiro atoms. The topological polar surface area (TPSA) is 85.2 Å². The lowest BCUT2D eigenvalue weighted by molar-refractivity contribution is -0.259. The molecule has 0 saturated heterocycles. The van der Waals surface area contributed by atoms with Gasteiger partial charge < -0.3 is 14.7 Å². The minimum absolute atomic E-state index is 0.0947. The van der Waals surface area contributed by atoms with Crippen molar-refractivity contribution in [2.75, 3.05) is 26.7 Å². The van der Waals surface area contributed by atoms with Gasteiger partial charge in [0.1, 0.15) is 0 Å². The van der Waals surface area contributed by atoms with Crippen molar-refractivity contribution in [1.82, 2.24) is 0 Å². The molecule has 1 atom stereocenters. The van der Waals surface area contributed by atoms with Crippen molar-refractivity contribution in [2.45, 2.75) is 0 Å². The Kier molecular flexibility index (Phi) is 5.67. The summed E-state index contributed by atoms with van der Waals surface area (Å²) >= 11 is 0. The van der Waals surface area contributed by atoms with E-state index in [0.717, 1.165) is 0 Å². The van der Waals surface area contributed by atoms with E-state index in [2.05, 4.69) is 14.1 Å². The first kappa shape index (κ1) is 11.0. The van der Waals surface area contributed by atoms with E-state index in [9.17, 15) is 4.57 Å². The van der Waals surface area contributed by atoms with Crippen molar-refractivity contribution < 1.29 is 28.9 Å². The van der Waals surface area contributed by atoms with Gasteiger partial charge in [0, 0.05) is 6.66 Å². The maximum atomic E-state index is 10.9. The Morgan fingerprint density at radius 2 is 2.09 bits per heavy atom. The Balaban J connectivity index is 3.53. The summed E-state index contributed by atoms with van der Waals surface area (Å²) < 4.78 is 19.6. The Morgan fingerprint density at radius 3 is 2.55 bits per heavy atom. The van der Waals surface area contributed by atoms with Crippen LogP contribution in [0.25, 0.3) is 0 Å². The molecule has 0 aliphatic heterocycles. The fourth-order valence-corrected chi connectivity index (χ4v) is 1.04. The van der Waals surface area contributed by atoms with Crippen LogP contribution in [0.1, 0.15) is 0 Å². The highest BCUT2D eigenvalue weighted by Crippen LogP contribution is 2.43. The van der Waals surface area contributed by atoms with Crippen LogP contribution < -0.4 is 0 Å². The van der Waals surface area contributed by atoms with Gasteiger partial charge in [-0.15, -0.1) is 4.67 Å². The monoisotopic (exact) mass is 186 g/mol. The molecule has 0 heterocycles. The van der Waals surface area contributed by atoms with Gasteiger partial charge in [-0.1, -0.05) is 0 Å². The van der Waals surface area contributed by atoms with Gasteiger partial charge in [-0.2, -0.15) is 4.89 Å². The summed E-state index contributed by atoms with van der Waals surface area (Å²) in [6, 6.07) is 0. The average Bonchev–Trinajstić information content (AvgIpc) is 1.97. The van der Waals surface area contributed by atoms with Crippen LogP contribution >= 0.6 is 7.60 Å². The molecule has 0 rings (SSSR count). The predicted molar refractivity (Wildman–Crippen MR) is 35.8 cm³/mol. The average molecular weight is 186 g/mol. The largest absolute Gasteiger partial charge is 0.394 e. The van der Waals surface area contributed by atoms with Gasteiger partial charge in [0.25, 0.3) is 0 Å². The van der Waals surface area contributed by atoms with Crippen LogP contribution in [0.15, 0.2) is 0 Å². The van der Waals surface area contributed by atoms with Crippen molar-refractivity contribution in [3.8, 4) is 0 Å². The number of rotatable bonds is 6. The molecule has 0 aliphatic carbocycles. The molecule has 0 saturated carbocycles. The first-order valence-electron chi connectivity index (χ1n) is 2.87. The molecule has 68 valence electrons. The molecule has 0 aromatic carbocycles. The third kappa shape index (κ3) is 6.43. The molecular weight excluding hydrogens is 175 g/mol. The lowest BCUT2D eigenvalue weighted by atomic mass is 10.8. The Hall–Kier alpha value is 0.0300. The summed E-state index contributed by atoms with van der Waals surface area (Å²) in [6.07, 6.45) is 0. The summed E-state index contributed by atoms with van der Waals surface area (Å²) in [4.78, 5) is 3.98. The highest BCUT2D eigenvalue weighted by atomic mass is 31.2. The molecule has 6 nitrogen and oxygen atoms in total.